The van der Waals surface area contributed by atoms with E-state index in [1.165, 1.54) is 13.2 Å². The van der Waals surface area contributed by atoms with Crippen molar-refractivity contribution in [1.29, 1.82) is 0 Å². The van der Waals surface area contributed by atoms with Crippen molar-refractivity contribution in [3.05, 3.63) is 17.4 Å². The van der Waals surface area contributed by atoms with E-state index < -0.39 is 5.82 Å². The van der Waals surface area contributed by atoms with Crippen LogP contribution >= 0.6 is 0 Å². The predicted molar refractivity (Wildman–Crippen MR) is 62.9 cm³/mol. The largest absolute Gasteiger partial charge is 0.493 e. The summed E-state index contributed by atoms with van der Waals surface area (Å²) in [5, 5.41) is 0. The first-order valence-corrected chi connectivity index (χ1v) is 5.86. The minimum Gasteiger partial charge on any atom is -0.493 e. The van der Waals surface area contributed by atoms with Crippen LogP contribution in [0, 0.1) is 5.82 Å². The van der Waals surface area contributed by atoms with E-state index in [1.807, 2.05) is 0 Å². The molecule has 1 aromatic carbocycles. The van der Waals surface area contributed by atoms with Gasteiger partial charge >= 0.3 is 0 Å². The second-order valence-corrected chi connectivity index (χ2v) is 3.95. The molecule has 18 heavy (non-hydrogen) atoms. The highest BCUT2D eigenvalue weighted by Crippen LogP contribution is 2.41. The molecular formula is C13H15FO4. The topological polar surface area (TPSA) is 44.8 Å². The van der Waals surface area contributed by atoms with Gasteiger partial charge in [0.05, 0.1) is 20.3 Å². The molecule has 1 aliphatic heterocycles. The van der Waals surface area contributed by atoms with Gasteiger partial charge in [0.1, 0.15) is 6.29 Å². The highest BCUT2D eigenvalue weighted by molar-refractivity contribution is 5.58. The molecule has 0 bridgehead atoms. The van der Waals surface area contributed by atoms with Crippen molar-refractivity contribution in [2.45, 2.75) is 19.3 Å². The quantitative estimate of drug-likeness (QED) is 0.772. The molecule has 0 N–H and O–H groups in total. The summed E-state index contributed by atoms with van der Waals surface area (Å²) in [6.45, 7) is 1.00. The van der Waals surface area contributed by atoms with E-state index in [9.17, 15) is 9.18 Å². The third kappa shape index (κ3) is 2.39. The highest BCUT2D eigenvalue weighted by atomic mass is 19.1. The first kappa shape index (κ1) is 12.7. The molecule has 4 nitrogen and oxygen atoms in total. The molecule has 98 valence electrons. The number of hydrogen-bond donors (Lipinski definition) is 0. The molecule has 0 spiro atoms. The molecule has 0 atom stereocenters. The third-order valence-electron chi connectivity index (χ3n) is 2.76. The highest BCUT2D eigenvalue weighted by Gasteiger charge is 2.22. The second kappa shape index (κ2) is 5.71. The van der Waals surface area contributed by atoms with Gasteiger partial charge in [-0.3, -0.25) is 0 Å². The zero-order valence-corrected chi connectivity index (χ0v) is 10.2. The van der Waals surface area contributed by atoms with Crippen LogP contribution in [0.1, 0.15) is 18.4 Å². The van der Waals surface area contributed by atoms with Gasteiger partial charge < -0.3 is 19.0 Å². The number of methoxy groups -OCH3 is 1. The van der Waals surface area contributed by atoms with Crippen LogP contribution in [0.5, 0.6) is 17.2 Å². The van der Waals surface area contributed by atoms with Crippen molar-refractivity contribution in [1.82, 2.24) is 0 Å². The van der Waals surface area contributed by atoms with Crippen LogP contribution < -0.4 is 14.2 Å². The lowest BCUT2D eigenvalue weighted by Gasteiger charge is -2.16. The van der Waals surface area contributed by atoms with E-state index in [0.717, 1.165) is 12.7 Å². The lowest BCUT2D eigenvalue weighted by Crippen LogP contribution is -2.03. The number of carbonyl (C=O) groups is 1. The fourth-order valence-corrected chi connectivity index (χ4v) is 1.97. The van der Waals surface area contributed by atoms with Crippen molar-refractivity contribution in [2.75, 3.05) is 20.3 Å². The van der Waals surface area contributed by atoms with Crippen LogP contribution in [0.3, 0.4) is 0 Å². The van der Waals surface area contributed by atoms with E-state index in [0.29, 0.717) is 36.7 Å². The zero-order valence-electron chi connectivity index (χ0n) is 10.2. The maximum absolute atomic E-state index is 13.8. The molecule has 1 aliphatic rings. The van der Waals surface area contributed by atoms with Gasteiger partial charge in [-0.05, 0) is 6.42 Å². The Bertz CT molecular complexity index is 445. The van der Waals surface area contributed by atoms with Crippen LogP contribution in [0.4, 0.5) is 4.39 Å². The van der Waals surface area contributed by atoms with Gasteiger partial charge in [0.2, 0.25) is 0 Å². The first-order chi connectivity index (χ1) is 8.77. The third-order valence-corrected chi connectivity index (χ3v) is 2.76. The maximum atomic E-state index is 13.8. The molecule has 0 unspecified atom stereocenters. The zero-order chi connectivity index (χ0) is 13.0. The van der Waals surface area contributed by atoms with E-state index in [4.69, 9.17) is 14.2 Å². The number of hydrogen-bond acceptors (Lipinski definition) is 4. The van der Waals surface area contributed by atoms with E-state index >= 15 is 0 Å². The first-order valence-electron chi connectivity index (χ1n) is 5.86. The molecule has 0 fully saturated rings. The van der Waals surface area contributed by atoms with Gasteiger partial charge in [0.15, 0.2) is 23.1 Å². The van der Waals surface area contributed by atoms with Gasteiger partial charge in [-0.1, -0.05) is 0 Å². The minimum absolute atomic E-state index is 0.126. The summed E-state index contributed by atoms with van der Waals surface area (Å²) in [4.78, 5) is 10.5. The maximum Gasteiger partial charge on any atom is 0.169 e. The smallest absolute Gasteiger partial charge is 0.169 e. The van der Waals surface area contributed by atoms with E-state index in [2.05, 4.69) is 0 Å². The molecule has 1 aromatic rings. The summed E-state index contributed by atoms with van der Waals surface area (Å²) < 4.78 is 29.9. The average Bonchev–Trinajstić information content (AvgIpc) is 2.60. The van der Waals surface area contributed by atoms with Crippen molar-refractivity contribution >= 4 is 6.29 Å². The van der Waals surface area contributed by atoms with Crippen LogP contribution in [0.25, 0.3) is 0 Å². The number of ether oxygens (including phenoxy) is 3. The van der Waals surface area contributed by atoms with Crippen LogP contribution in [0.2, 0.25) is 0 Å². The van der Waals surface area contributed by atoms with Crippen LogP contribution in [0.15, 0.2) is 6.07 Å². The summed E-state index contributed by atoms with van der Waals surface area (Å²) in [6, 6.07) is 1.27. The van der Waals surface area contributed by atoms with E-state index in [1.54, 1.807) is 0 Å². The fraction of sp³-hybridized carbons (Fsp3) is 0.462. The molecule has 1 heterocycles. The van der Waals surface area contributed by atoms with Gasteiger partial charge in [-0.2, -0.15) is 0 Å². The Labute approximate surface area is 105 Å². The Kier molecular flexibility index (Phi) is 4.02. The molecule has 0 aliphatic carbocycles. The van der Waals surface area contributed by atoms with Gasteiger partial charge in [0.25, 0.3) is 0 Å². The molecule has 0 saturated carbocycles. The standard InChI is InChI=1S/C13H15FO4/c1-16-12-9(4-2-5-15)13-11(8-10(12)14)17-6-3-7-18-13/h5,8H,2-4,6-7H2,1H3. The second-order valence-electron chi connectivity index (χ2n) is 3.95. The number of fused-ring (bicyclic) bond motifs is 1. The van der Waals surface area contributed by atoms with Crippen molar-refractivity contribution in [2.24, 2.45) is 0 Å². The Balaban J connectivity index is 2.49. The summed E-state index contributed by atoms with van der Waals surface area (Å²) in [5.41, 5.74) is 0.557. The number of benzene rings is 1. The van der Waals surface area contributed by atoms with Crippen molar-refractivity contribution < 1.29 is 23.4 Å². The summed E-state index contributed by atoms with van der Waals surface area (Å²) in [5.74, 6) is 0.503. The van der Waals surface area contributed by atoms with Gasteiger partial charge in [0, 0.05) is 24.5 Å². The summed E-state index contributed by atoms with van der Waals surface area (Å²) in [7, 11) is 1.40. The lowest BCUT2D eigenvalue weighted by atomic mass is 10.1. The fourth-order valence-electron chi connectivity index (χ4n) is 1.97. The molecular weight excluding hydrogens is 239 g/mol. The number of carbonyl (C=O) groups excluding carboxylic acids is 1. The Morgan fingerprint density at radius 1 is 1.44 bits per heavy atom. The van der Waals surface area contributed by atoms with Crippen molar-refractivity contribution in [3.63, 3.8) is 0 Å². The Hall–Kier alpha value is -1.78. The Morgan fingerprint density at radius 2 is 2.22 bits per heavy atom. The minimum atomic E-state index is -0.498. The lowest BCUT2D eigenvalue weighted by molar-refractivity contribution is -0.107. The predicted octanol–water partition coefficient (Wildman–Crippen LogP) is 2.13. The number of rotatable bonds is 4. The molecule has 0 amide bonds. The average molecular weight is 254 g/mol. The van der Waals surface area contributed by atoms with E-state index in [-0.39, 0.29) is 12.2 Å². The molecule has 2 rings (SSSR count). The van der Waals surface area contributed by atoms with Gasteiger partial charge in [-0.15, -0.1) is 0 Å². The van der Waals surface area contributed by atoms with Gasteiger partial charge in [-0.25, -0.2) is 4.39 Å². The SMILES string of the molecule is COc1c(F)cc2c(c1CCC=O)OCCCO2. The Morgan fingerprint density at radius 3 is 2.94 bits per heavy atom. The van der Waals surface area contributed by atoms with Crippen molar-refractivity contribution in [3.8, 4) is 17.2 Å². The van der Waals surface area contributed by atoms with Crippen LogP contribution in [-0.2, 0) is 11.2 Å². The number of aldehydes is 1. The monoisotopic (exact) mass is 254 g/mol. The van der Waals surface area contributed by atoms with Crippen LogP contribution in [-0.4, -0.2) is 26.6 Å². The normalized spacial score (nSPS) is 13.9. The summed E-state index contributed by atoms with van der Waals surface area (Å²) >= 11 is 0. The molecule has 5 heteroatoms. The summed E-state index contributed by atoms with van der Waals surface area (Å²) in [6.07, 6.45) is 2.19. The molecule has 0 radical (unpaired) electrons. The number of halogens is 1. The molecule has 0 aromatic heterocycles. The molecule has 0 saturated heterocycles.